The van der Waals surface area contributed by atoms with Crippen LogP contribution in [0, 0.1) is 13.8 Å². The molecule has 0 aliphatic rings. The van der Waals surface area contributed by atoms with Crippen LogP contribution in [0.25, 0.3) is 22.6 Å². The van der Waals surface area contributed by atoms with Crippen LogP contribution < -0.4 is 0 Å². The number of hydrogen-bond donors (Lipinski definition) is 0. The molecule has 3 aromatic rings. The van der Waals surface area contributed by atoms with Gasteiger partial charge in [-0.25, -0.2) is 0 Å². The number of hydrogen-bond acceptors (Lipinski definition) is 4. The second-order valence-corrected chi connectivity index (χ2v) is 5.67. The Bertz CT molecular complexity index is 870. The first-order valence-corrected chi connectivity index (χ1v) is 7.72. The van der Waals surface area contributed by atoms with Crippen molar-refractivity contribution in [3.63, 3.8) is 0 Å². The minimum Gasteiger partial charge on any atom is -0.468 e. The first kappa shape index (κ1) is 15.9. The van der Waals surface area contributed by atoms with Gasteiger partial charge in [0, 0.05) is 11.8 Å². The van der Waals surface area contributed by atoms with Crippen LogP contribution in [0.15, 0.2) is 48.7 Å². The van der Waals surface area contributed by atoms with E-state index in [9.17, 15) is 4.79 Å². The molecule has 0 amide bonds. The fourth-order valence-electron chi connectivity index (χ4n) is 2.44. The van der Waals surface area contributed by atoms with Crippen LogP contribution in [0.5, 0.6) is 0 Å². The molecule has 0 fully saturated rings. The van der Waals surface area contributed by atoms with Crippen molar-refractivity contribution in [1.29, 1.82) is 0 Å². The molecule has 2 heterocycles. The van der Waals surface area contributed by atoms with Gasteiger partial charge in [0.15, 0.2) is 0 Å². The maximum atomic E-state index is 11.7. The highest BCUT2D eigenvalue weighted by Crippen LogP contribution is 2.26. The molecule has 1 aromatic carbocycles. The van der Waals surface area contributed by atoms with Gasteiger partial charge in [-0.15, -0.1) is 0 Å². The lowest BCUT2D eigenvalue weighted by molar-refractivity contribution is -0.141. The number of rotatable bonds is 4. The monoisotopic (exact) mass is 321 g/mol. The van der Waals surface area contributed by atoms with Crippen LogP contribution in [0.2, 0.25) is 0 Å². The van der Waals surface area contributed by atoms with Gasteiger partial charge in [-0.3, -0.25) is 14.5 Å². The highest BCUT2D eigenvalue weighted by molar-refractivity contribution is 5.72. The Morgan fingerprint density at radius 1 is 1.08 bits per heavy atom. The maximum Gasteiger partial charge on any atom is 0.327 e. The van der Waals surface area contributed by atoms with E-state index in [1.807, 2.05) is 62.5 Å². The average Bonchev–Trinajstić information content (AvgIpc) is 3.02. The molecule has 0 saturated heterocycles. The summed E-state index contributed by atoms with van der Waals surface area (Å²) in [6.07, 6.45) is 1.84. The largest absolute Gasteiger partial charge is 0.468 e. The second-order valence-electron chi connectivity index (χ2n) is 5.67. The molecular weight excluding hydrogens is 302 g/mol. The van der Waals surface area contributed by atoms with E-state index in [-0.39, 0.29) is 12.5 Å². The molecule has 122 valence electrons. The van der Waals surface area contributed by atoms with Crippen LogP contribution in [-0.2, 0) is 16.1 Å². The zero-order chi connectivity index (χ0) is 17.1. The van der Waals surface area contributed by atoms with Gasteiger partial charge in [0.2, 0.25) is 0 Å². The smallest absolute Gasteiger partial charge is 0.327 e. The zero-order valence-corrected chi connectivity index (χ0v) is 14.0. The topological polar surface area (TPSA) is 57.0 Å². The fraction of sp³-hybridized carbons (Fsp3) is 0.211. The minimum atomic E-state index is -0.345. The first-order valence-electron chi connectivity index (χ1n) is 7.72. The Morgan fingerprint density at radius 2 is 1.83 bits per heavy atom. The molecule has 24 heavy (non-hydrogen) atoms. The van der Waals surface area contributed by atoms with Crippen molar-refractivity contribution < 1.29 is 9.53 Å². The number of methoxy groups -OCH3 is 1. The molecule has 3 rings (SSSR count). The SMILES string of the molecule is COC(=O)Cn1nc(-c2ccccc2)cc1-c1cc(C)c(C)cn1. The summed E-state index contributed by atoms with van der Waals surface area (Å²) in [5.74, 6) is -0.345. The lowest BCUT2D eigenvalue weighted by atomic mass is 10.1. The number of carbonyl (C=O) groups is 1. The predicted octanol–water partition coefficient (Wildman–Crippen LogP) is 3.40. The van der Waals surface area contributed by atoms with Crippen LogP contribution in [0.1, 0.15) is 11.1 Å². The Hall–Kier alpha value is -2.95. The Balaban J connectivity index is 2.10. The summed E-state index contributed by atoms with van der Waals surface area (Å²) in [5.41, 5.74) is 5.65. The van der Waals surface area contributed by atoms with Gasteiger partial charge >= 0.3 is 5.97 Å². The van der Waals surface area contributed by atoms with Crippen molar-refractivity contribution in [2.45, 2.75) is 20.4 Å². The maximum absolute atomic E-state index is 11.7. The van der Waals surface area contributed by atoms with Gasteiger partial charge < -0.3 is 4.74 Å². The van der Waals surface area contributed by atoms with Crippen molar-refractivity contribution >= 4 is 5.97 Å². The zero-order valence-electron chi connectivity index (χ0n) is 14.0. The molecular formula is C19H19N3O2. The average molecular weight is 321 g/mol. The molecule has 0 aliphatic carbocycles. The summed E-state index contributed by atoms with van der Waals surface area (Å²) in [7, 11) is 1.37. The van der Waals surface area contributed by atoms with E-state index in [2.05, 4.69) is 10.1 Å². The van der Waals surface area contributed by atoms with E-state index in [1.54, 1.807) is 4.68 Å². The number of ether oxygens (including phenoxy) is 1. The number of aryl methyl sites for hydroxylation is 2. The fourth-order valence-corrected chi connectivity index (χ4v) is 2.44. The molecule has 0 radical (unpaired) electrons. The van der Waals surface area contributed by atoms with E-state index < -0.39 is 0 Å². The highest BCUT2D eigenvalue weighted by atomic mass is 16.5. The molecule has 5 heteroatoms. The highest BCUT2D eigenvalue weighted by Gasteiger charge is 2.15. The minimum absolute atomic E-state index is 0.0489. The van der Waals surface area contributed by atoms with E-state index in [0.29, 0.717) is 0 Å². The second kappa shape index (κ2) is 6.66. The van der Waals surface area contributed by atoms with Crippen molar-refractivity contribution in [1.82, 2.24) is 14.8 Å². The molecule has 5 nitrogen and oxygen atoms in total. The third-order valence-corrected chi connectivity index (χ3v) is 3.99. The predicted molar refractivity (Wildman–Crippen MR) is 92.4 cm³/mol. The Labute approximate surface area is 140 Å². The standard InChI is InChI=1S/C19H19N3O2/c1-13-9-17(20-11-14(13)2)18-10-16(15-7-5-4-6-8-15)21-22(18)12-19(23)24-3/h4-11H,12H2,1-3H3. The van der Waals surface area contributed by atoms with Crippen molar-refractivity contribution in [3.8, 4) is 22.6 Å². The number of nitrogens with zero attached hydrogens (tertiary/aromatic N) is 3. The van der Waals surface area contributed by atoms with Crippen LogP contribution in [0.3, 0.4) is 0 Å². The van der Waals surface area contributed by atoms with Crippen molar-refractivity contribution in [2.75, 3.05) is 7.11 Å². The van der Waals surface area contributed by atoms with Gasteiger partial charge in [0.25, 0.3) is 0 Å². The molecule has 0 unspecified atom stereocenters. The van der Waals surface area contributed by atoms with Crippen molar-refractivity contribution in [2.24, 2.45) is 0 Å². The quantitative estimate of drug-likeness (QED) is 0.691. The number of benzene rings is 1. The van der Waals surface area contributed by atoms with E-state index >= 15 is 0 Å². The van der Waals surface area contributed by atoms with Gasteiger partial charge in [-0.2, -0.15) is 5.10 Å². The van der Waals surface area contributed by atoms with E-state index in [0.717, 1.165) is 33.8 Å². The summed E-state index contributed by atoms with van der Waals surface area (Å²) < 4.78 is 6.43. The molecule has 0 N–H and O–H groups in total. The van der Waals surface area contributed by atoms with Gasteiger partial charge in [-0.05, 0) is 37.1 Å². The normalized spacial score (nSPS) is 10.6. The third kappa shape index (κ3) is 3.20. The summed E-state index contributed by atoms with van der Waals surface area (Å²) in [5, 5.41) is 4.57. The van der Waals surface area contributed by atoms with Crippen LogP contribution in [0.4, 0.5) is 0 Å². The summed E-state index contributed by atoms with van der Waals surface area (Å²) in [6.45, 7) is 4.11. The molecule has 0 aliphatic heterocycles. The summed E-state index contributed by atoms with van der Waals surface area (Å²) in [4.78, 5) is 16.2. The number of esters is 1. The molecule has 0 spiro atoms. The van der Waals surface area contributed by atoms with Gasteiger partial charge in [0.05, 0.1) is 24.2 Å². The molecule has 2 aromatic heterocycles. The summed E-state index contributed by atoms with van der Waals surface area (Å²) >= 11 is 0. The van der Waals surface area contributed by atoms with E-state index in [1.165, 1.54) is 7.11 Å². The van der Waals surface area contributed by atoms with Gasteiger partial charge in [0.1, 0.15) is 6.54 Å². The molecule has 0 saturated carbocycles. The Morgan fingerprint density at radius 3 is 2.50 bits per heavy atom. The first-order chi connectivity index (χ1) is 11.6. The lowest BCUT2D eigenvalue weighted by Gasteiger charge is -2.07. The number of aromatic nitrogens is 3. The van der Waals surface area contributed by atoms with Crippen LogP contribution in [-0.4, -0.2) is 27.8 Å². The Kier molecular flexibility index (Phi) is 4.42. The van der Waals surface area contributed by atoms with Crippen LogP contribution >= 0.6 is 0 Å². The third-order valence-electron chi connectivity index (χ3n) is 3.99. The number of pyridine rings is 1. The lowest BCUT2D eigenvalue weighted by Crippen LogP contribution is -2.14. The summed E-state index contributed by atoms with van der Waals surface area (Å²) in [6, 6.07) is 13.8. The van der Waals surface area contributed by atoms with Gasteiger partial charge in [-0.1, -0.05) is 30.3 Å². The molecule has 0 atom stereocenters. The van der Waals surface area contributed by atoms with E-state index in [4.69, 9.17) is 4.74 Å². The number of carbonyl (C=O) groups excluding carboxylic acids is 1. The van der Waals surface area contributed by atoms with Crippen molar-refractivity contribution in [3.05, 3.63) is 59.8 Å². The molecule has 0 bridgehead atoms.